The highest BCUT2D eigenvalue weighted by atomic mass is 19.4. The first-order valence-electron chi connectivity index (χ1n) is 5.24. The van der Waals surface area contributed by atoms with E-state index < -0.39 is 24.5 Å². The van der Waals surface area contributed by atoms with E-state index in [0.29, 0.717) is 10.9 Å². The number of carboxylic acid groups (broad SMARTS) is 1. The van der Waals surface area contributed by atoms with Crippen LogP contribution in [0, 0.1) is 0 Å². The second-order valence-electron chi connectivity index (χ2n) is 3.98. The molecule has 0 fully saturated rings. The SMILES string of the molecule is O=C(O)CC(c1c[nH]c2ccccc12)C(F)(F)F. The summed E-state index contributed by atoms with van der Waals surface area (Å²) < 4.78 is 38.7. The molecule has 0 radical (unpaired) electrons. The zero-order chi connectivity index (χ0) is 13.3. The third kappa shape index (κ3) is 2.32. The largest absolute Gasteiger partial charge is 0.481 e. The monoisotopic (exact) mass is 257 g/mol. The lowest BCUT2D eigenvalue weighted by Crippen LogP contribution is -2.23. The van der Waals surface area contributed by atoms with E-state index in [-0.39, 0.29) is 5.56 Å². The Morgan fingerprint density at radius 3 is 2.61 bits per heavy atom. The fourth-order valence-electron chi connectivity index (χ4n) is 1.96. The minimum absolute atomic E-state index is 0.0273. The number of rotatable bonds is 3. The Hall–Kier alpha value is -1.98. The fourth-order valence-corrected chi connectivity index (χ4v) is 1.96. The molecule has 2 N–H and O–H groups in total. The third-order valence-corrected chi connectivity index (χ3v) is 2.77. The molecule has 96 valence electrons. The minimum Gasteiger partial charge on any atom is -0.481 e. The van der Waals surface area contributed by atoms with Gasteiger partial charge in [0.25, 0.3) is 0 Å². The highest BCUT2D eigenvalue weighted by Gasteiger charge is 2.43. The summed E-state index contributed by atoms with van der Waals surface area (Å²) in [5.41, 5.74) is 0.535. The minimum atomic E-state index is -4.58. The van der Waals surface area contributed by atoms with Gasteiger partial charge in [0, 0.05) is 17.1 Å². The van der Waals surface area contributed by atoms with Crippen LogP contribution in [0.15, 0.2) is 30.5 Å². The van der Waals surface area contributed by atoms with Crippen molar-refractivity contribution < 1.29 is 23.1 Å². The molecule has 0 saturated heterocycles. The van der Waals surface area contributed by atoms with Crippen molar-refractivity contribution in [1.82, 2.24) is 4.98 Å². The lowest BCUT2D eigenvalue weighted by Gasteiger charge is -2.18. The van der Waals surface area contributed by atoms with Gasteiger partial charge in [-0.1, -0.05) is 18.2 Å². The van der Waals surface area contributed by atoms with Crippen LogP contribution in [0.1, 0.15) is 17.9 Å². The van der Waals surface area contributed by atoms with Gasteiger partial charge >= 0.3 is 12.1 Å². The number of benzene rings is 1. The topological polar surface area (TPSA) is 53.1 Å². The number of aromatic amines is 1. The van der Waals surface area contributed by atoms with Gasteiger partial charge in [-0.2, -0.15) is 13.2 Å². The van der Waals surface area contributed by atoms with Gasteiger partial charge in [-0.15, -0.1) is 0 Å². The van der Waals surface area contributed by atoms with Crippen molar-refractivity contribution in [2.24, 2.45) is 0 Å². The van der Waals surface area contributed by atoms with Crippen LogP contribution in [0.4, 0.5) is 13.2 Å². The van der Waals surface area contributed by atoms with Gasteiger partial charge in [0.15, 0.2) is 0 Å². The summed E-state index contributed by atoms with van der Waals surface area (Å²) >= 11 is 0. The van der Waals surface area contributed by atoms with E-state index in [1.165, 1.54) is 6.20 Å². The molecule has 0 bridgehead atoms. The zero-order valence-corrected chi connectivity index (χ0v) is 9.16. The number of aromatic nitrogens is 1. The number of halogens is 3. The van der Waals surface area contributed by atoms with Crippen molar-refractivity contribution in [3.8, 4) is 0 Å². The first kappa shape index (κ1) is 12.5. The maximum absolute atomic E-state index is 12.9. The predicted molar refractivity (Wildman–Crippen MR) is 59.3 cm³/mol. The molecule has 0 spiro atoms. The smallest absolute Gasteiger partial charge is 0.396 e. The summed E-state index contributed by atoms with van der Waals surface area (Å²) in [4.78, 5) is 13.3. The predicted octanol–water partition coefficient (Wildman–Crippen LogP) is 3.29. The Bertz CT molecular complexity index is 574. The number of hydrogen-bond donors (Lipinski definition) is 2. The highest BCUT2D eigenvalue weighted by molar-refractivity contribution is 5.84. The number of aliphatic carboxylic acids is 1. The van der Waals surface area contributed by atoms with E-state index in [1.807, 2.05) is 0 Å². The number of nitrogens with one attached hydrogen (secondary N) is 1. The molecule has 1 unspecified atom stereocenters. The van der Waals surface area contributed by atoms with E-state index in [9.17, 15) is 18.0 Å². The third-order valence-electron chi connectivity index (χ3n) is 2.77. The number of hydrogen-bond acceptors (Lipinski definition) is 1. The molecule has 1 heterocycles. The molecule has 2 aromatic rings. The maximum Gasteiger partial charge on any atom is 0.396 e. The van der Waals surface area contributed by atoms with Gasteiger partial charge in [-0.3, -0.25) is 4.79 Å². The van der Waals surface area contributed by atoms with Crippen LogP contribution in [0.2, 0.25) is 0 Å². The molecule has 1 atom stereocenters. The molecule has 1 aromatic heterocycles. The maximum atomic E-state index is 12.9. The molecule has 0 aliphatic rings. The van der Waals surface area contributed by atoms with Crippen LogP contribution in [-0.2, 0) is 4.79 Å². The molecule has 0 aliphatic heterocycles. The molecule has 0 amide bonds. The molecule has 1 aromatic carbocycles. The molecule has 0 saturated carbocycles. The molecule has 0 aliphatic carbocycles. The standard InChI is InChI=1S/C12H10F3NO2/c13-12(14,15)9(5-11(17)18)8-6-16-10-4-2-1-3-7(8)10/h1-4,6,9,16H,5H2,(H,17,18). The second kappa shape index (κ2) is 4.36. The second-order valence-corrected chi connectivity index (χ2v) is 3.98. The van der Waals surface area contributed by atoms with Gasteiger partial charge in [-0.25, -0.2) is 0 Å². The van der Waals surface area contributed by atoms with E-state index >= 15 is 0 Å². The van der Waals surface area contributed by atoms with Crippen LogP contribution in [0.5, 0.6) is 0 Å². The average Bonchev–Trinajstić information content (AvgIpc) is 2.67. The molecule has 6 heteroatoms. The number of alkyl halides is 3. The Balaban J connectivity index is 2.51. The molecule has 3 nitrogen and oxygen atoms in total. The first-order valence-corrected chi connectivity index (χ1v) is 5.24. The summed E-state index contributed by atoms with van der Waals surface area (Å²) in [6.07, 6.45) is -4.32. The van der Waals surface area contributed by atoms with Gasteiger partial charge in [-0.05, 0) is 11.6 Å². The summed E-state index contributed by atoms with van der Waals surface area (Å²) in [5, 5.41) is 9.01. The fraction of sp³-hybridized carbons (Fsp3) is 0.250. The first-order chi connectivity index (χ1) is 8.39. The summed E-state index contributed by atoms with van der Waals surface area (Å²) in [5.74, 6) is -3.46. The summed E-state index contributed by atoms with van der Waals surface area (Å²) in [6.45, 7) is 0. The lowest BCUT2D eigenvalue weighted by atomic mass is 9.95. The van der Waals surface area contributed by atoms with Gasteiger partial charge in [0.1, 0.15) is 0 Å². The quantitative estimate of drug-likeness (QED) is 0.886. The molecule has 2 rings (SSSR count). The van der Waals surface area contributed by atoms with Gasteiger partial charge in [0.2, 0.25) is 0 Å². The lowest BCUT2D eigenvalue weighted by molar-refractivity contribution is -0.163. The highest BCUT2D eigenvalue weighted by Crippen LogP contribution is 2.40. The summed E-state index contributed by atoms with van der Waals surface area (Å²) in [6, 6.07) is 6.51. The Morgan fingerprint density at radius 2 is 2.00 bits per heavy atom. The van der Waals surface area contributed by atoms with Crippen LogP contribution in [-0.4, -0.2) is 22.2 Å². The average molecular weight is 257 g/mol. The van der Waals surface area contributed by atoms with E-state index in [2.05, 4.69) is 4.98 Å². The van der Waals surface area contributed by atoms with Gasteiger partial charge in [0.05, 0.1) is 12.3 Å². The van der Waals surface area contributed by atoms with Crippen molar-refractivity contribution >= 4 is 16.9 Å². The zero-order valence-electron chi connectivity index (χ0n) is 9.16. The normalized spacial score (nSPS) is 13.7. The van der Waals surface area contributed by atoms with Crippen molar-refractivity contribution in [3.63, 3.8) is 0 Å². The molecule has 18 heavy (non-hydrogen) atoms. The van der Waals surface area contributed by atoms with E-state index in [1.54, 1.807) is 24.3 Å². The molecular formula is C12H10F3NO2. The van der Waals surface area contributed by atoms with E-state index in [0.717, 1.165) is 0 Å². The Labute approximate surface area is 100 Å². The van der Waals surface area contributed by atoms with Crippen LogP contribution in [0.3, 0.4) is 0 Å². The van der Waals surface area contributed by atoms with Crippen molar-refractivity contribution in [3.05, 3.63) is 36.0 Å². The van der Waals surface area contributed by atoms with Crippen molar-refractivity contribution in [2.75, 3.05) is 0 Å². The van der Waals surface area contributed by atoms with Crippen molar-refractivity contribution in [1.29, 1.82) is 0 Å². The van der Waals surface area contributed by atoms with Crippen LogP contribution in [0.25, 0.3) is 10.9 Å². The number of carboxylic acids is 1. The summed E-state index contributed by atoms with van der Waals surface area (Å²) in [7, 11) is 0. The van der Waals surface area contributed by atoms with Gasteiger partial charge < -0.3 is 10.1 Å². The Morgan fingerprint density at radius 1 is 1.33 bits per heavy atom. The number of fused-ring (bicyclic) bond motifs is 1. The van der Waals surface area contributed by atoms with Crippen LogP contribution < -0.4 is 0 Å². The van der Waals surface area contributed by atoms with Crippen LogP contribution >= 0.6 is 0 Å². The van der Waals surface area contributed by atoms with Crippen molar-refractivity contribution in [2.45, 2.75) is 18.5 Å². The molecular weight excluding hydrogens is 247 g/mol. The number of para-hydroxylation sites is 1. The Kier molecular flexibility index (Phi) is 3.02. The van der Waals surface area contributed by atoms with E-state index in [4.69, 9.17) is 5.11 Å². The number of H-pyrrole nitrogens is 1. The number of carbonyl (C=O) groups is 1.